The molecule has 0 heterocycles. The second-order valence-corrected chi connectivity index (χ2v) is 0. The van der Waals surface area contributed by atoms with Crippen molar-refractivity contribution in [3.05, 3.63) is 0 Å². The van der Waals surface area contributed by atoms with Gasteiger partial charge in [-0.05, 0) is 0 Å². The van der Waals surface area contributed by atoms with Gasteiger partial charge in [-0.15, -0.1) is 0 Å². The van der Waals surface area contributed by atoms with Crippen molar-refractivity contribution in [1.29, 1.82) is 0 Å². The van der Waals surface area contributed by atoms with Crippen LogP contribution in [0.4, 0.5) is 0 Å². The summed E-state index contributed by atoms with van der Waals surface area (Å²) in [5.41, 5.74) is 0. The van der Waals surface area contributed by atoms with E-state index in [9.17, 15) is 0 Å². The molecule has 0 fully saturated rings. The van der Waals surface area contributed by atoms with E-state index in [1.54, 1.807) is 0 Å². The molecule has 8 heteroatoms. The van der Waals surface area contributed by atoms with Crippen molar-refractivity contribution in [2.75, 3.05) is 0 Å². The molecule has 0 rings (SSSR count). The average molecular weight is 535 g/mol. The fourth-order valence-corrected chi connectivity index (χ4v) is 0. The Hall–Kier alpha value is 5.05. The molecular formula is Ba3NiO4. The number of rotatable bonds is 0. The van der Waals surface area contributed by atoms with Gasteiger partial charge >= 0.3 is 163 Å². The molecule has 0 amide bonds. The van der Waals surface area contributed by atoms with Gasteiger partial charge in [-0.25, -0.2) is 0 Å². The zero-order chi connectivity index (χ0) is 0. The van der Waals surface area contributed by atoms with Gasteiger partial charge in [0, 0.05) is 0 Å². The molecule has 0 radical (unpaired) electrons. The van der Waals surface area contributed by atoms with Gasteiger partial charge in [-0.2, -0.15) is 0 Å². The van der Waals surface area contributed by atoms with Gasteiger partial charge in [-0.3, -0.25) is 0 Å². The third-order valence-corrected chi connectivity index (χ3v) is 0. The van der Waals surface area contributed by atoms with Crippen LogP contribution in [-0.4, -0.2) is 147 Å². The van der Waals surface area contributed by atoms with Crippen molar-refractivity contribution in [1.82, 2.24) is 0 Å². The molecule has 0 atom stereocenters. The van der Waals surface area contributed by atoms with Crippen LogP contribution >= 0.6 is 0 Å². The zero-order valence-corrected chi connectivity index (χ0v) is 18.4. The van der Waals surface area contributed by atoms with Crippen LogP contribution in [0, 0.1) is 0 Å². The first kappa shape index (κ1) is 74.3. The van der Waals surface area contributed by atoms with Gasteiger partial charge in [-0.1, -0.05) is 0 Å². The monoisotopic (exact) mass is 536 g/mol. The van der Waals surface area contributed by atoms with Gasteiger partial charge in [0.2, 0.25) is 0 Å². The van der Waals surface area contributed by atoms with Crippen LogP contribution in [0.1, 0.15) is 0 Å². The summed E-state index contributed by atoms with van der Waals surface area (Å²) in [6.07, 6.45) is 0. The van der Waals surface area contributed by atoms with E-state index in [1.807, 2.05) is 0 Å². The third-order valence-electron chi connectivity index (χ3n) is 0. The maximum absolute atomic E-state index is 0. The summed E-state index contributed by atoms with van der Waals surface area (Å²) in [5, 5.41) is 0. The molecule has 0 bridgehead atoms. The van der Waals surface area contributed by atoms with Crippen LogP contribution in [0.2, 0.25) is 0 Å². The van der Waals surface area contributed by atoms with Gasteiger partial charge in [0.25, 0.3) is 0 Å². The Labute approximate surface area is 179 Å². The minimum atomic E-state index is 0. The molecule has 8 heavy (non-hydrogen) atoms. The number of hydrogen-bond acceptors (Lipinski definition) is 0. The van der Waals surface area contributed by atoms with Crippen molar-refractivity contribution >= 4 is 147 Å². The molecule has 0 aliphatic carbocycles. The predicted molar refractivity (Wildman–Crippen MR) is 20.0 cm³/mol. The third kappa shape index (κ3) is 43.8. The van der Waals surface area contributed by atoms with Crippen LogP contribution in [-0.2, 0) is 38.4 Å². The molecule has 0 aliphatic rings. The molecule has 4 nitrogen and oxygen atoms in total. The Morgan fingerprint density at radius 2 is 0.375 bits per heavy atom. The average Bonchev–Trinajstić information content (AvgIpc) is 0. The van der Waals surface area contributed by atoms with E-state index in [1.165, 1.54) is 0 Å². The smallest absolute Gasteiger partial charge is 2.00 e. The first-order valence-electron chi connectivity index (χ1n) is 0. The topological polar surface area (TPSA) is 114 Å². The molecule has 0 unspecified atom stereocenters. The quantitative estimate of drug-likeness (QED) is 0.333. The largest absolute Gasteiger partial charge is 2.00 e. The van der Waals surface area contributed by atoms with Gasteiger partial charge < -0.3 is 21.9 Å². The van der Waals surface area contributed by atoms with E-state index < -0.39 is 0 Å². The van der Waals surface area contributed by atoms with Crippen molar-refractivity contribution in [3.63, 3.8) is 0 Å². The molecule has 0 N–H and O–H groups in total. The SMILES string of the molecule is [Ba+2].[Ba+2].[Ba+2].[Ni+2].[O-2].[O-2].[O-2].[O-2]. The van der Waals surface area contributed by atoms with Crippen LogP contribution < -0.4 is 0 Å². The van der Waals surface area contributed by atoms with Crippen molar-refractivity contribution < 1.29 is 38.4 Å². The normalized spacial score (nSPS) is 0. The molecule has 40 valence electrons. The molecule has 0 aromatic heterocycles. The van der Waals surface area contributed by atoms with Crippen molar-refractivity contribution in [2.45, 2.75) is 0 Å². The summed E-state index contributed by atoms with van der Waals surface area (Å²) in [4.78, 5) is 0. The summed E-state index contributed by atoms with van der Waals surface area (Å²) in [7, 11) is 0. The Balaban J connectivity index is 0. The van der Waals surface area contributed by atoms with Crippen LogP contribution in [0.5, 0.6) is 0 Å². The van der Waals surface area contributed by atoms with E-state index in [0.29, 0.717) is 0 Å². The maximum atomic E-state index is 0. The van der Waals surface area contributed by atoms with Crippen LogP contribution in [0.25, 0.3) is 0 Å². The first-order valence-corrected chi connectivity index (χ1v) is 0. The minimum Gasteiger partial charge on any atom is -2.00 e. The van der Waals surface area contributed by atoms with Gasteiger partial charge in [0.05, 0.1) is 0 Å². The first-order chi connectivity index (χ1) is 0. The van der Waals surface area contributed by atoms with Gasteiger partial charge in [0.1, 0.15) is 0 Å². The predicted octanol–water partition coefficient (Wildman–Crippen LogP) is -1.62. The molecule has 0 saturated carbocycles. The Morgan fingerprint density at radius 3 is 0.375 bits per heavy atom. The molecule has 0 spiro atoms. The van der Waals surface area contributed by atoms with E-state index >= 15 is 0 Å². The number of hydrogen-bond donors (Lipinski definition) is 0. The van der Waals surface area contributed by atoms with E-state index in [2.05, 4.69) is 0 Å². The minimum absolute atomic E-state index is 0. The molecule has 0 aliphatic heterocycles. The summed E-state index contributed by atoms with van der Waals surface area (Å²) in [5.74, 6) is 0. The summed E-state index contributed by atoms with van der Waals surface area (Å²) in [6.45, 7) is 0. The fraction of sp³-hybridized carbons (Fsp3) is 0. The Kier molecular flexibility index (Phi) is 536. The fourth-order valence-electron chi connectivity index (χ4n) is 0. The van der Waals surface area contributed by atoms with Crippen molar-refractivity contribution in [2.24, 2.45) is 0 Å². The van der Waals surface area contributed by atoms with E-state index in [4.69, 9.17) is 0 Å². The second kappa shape index (κ2) is 57.7. The van der Waals surface area contributed by atoms with Crippen LogP contribution in [0.15, 0.2) is 0 Å². The van der Waals surface area contributed by atoms with Crippen molar-refractivity contribution in [3.8, 4) is 0 Å². The zero-order valence-electron chi connectivity index (χ0n) is 4.07. The molecule has 0 aromatic rings. The second-order valence-electron chi connectivity index (χ2n) is 0. The molecule has 0 saturated heterocycles. The molecule has 0 aromatic carbocycles. The molecular weight excluding hydrogens is 535 g/mol. The van der Waals surface area contributed by atoms with Crippen LogP contribution in [0.3, 0.4) is 0 Å². The maximum Gasteiger partial charge on any atom is 2.00 e. The standard InChI is InChI=1S/3Ba.Ni.4O/q4*+2;4*-2. The van der Waals surface area contributed by atoms with E-state index in [-0.39, 0.29) is 185 Å². The van der Waals surface area contributed by atoms with E-state index in [0.717, 1.165) is 0 Å². The summed E-state index contributed by atoms with van der Waals surface area (Å²) < 4.78 is 0. The van der Waals surface area contributed by atoms with Gasteiger partial charge in [0.15, 0.2) is 0 Å². The summed E-state index contributed by atoms with van der Waals surface area (Å²) >= 11 is 0. The Morgan fingerprint density at radius 1 is 0.375 bits per heavy atom. The summed E-state index contributed by atoms with van der Waals surface area (Å²) in [6, 6.07) is 0. The Bertz CT molecular complexity index is 11.2.